The molecule has 0 aliphatic carbocycles. The smallest absolute Gasteiger partial charge is 0.417 e. The topological polar surface area (TPSA) is 50.4 Å². The molecule has 0 spiro atoms. The van der Waals surface area contributed by atoms with Gasteiger partial charge in [0.05, 0.1) is 10.6 Å². The van der Waals surface area contributed by atoms with Crippen LogP contribution >= 0.6 is 23.2 Å². The molecule has 0 saturated carbocycles. The molecule has 2 amide bonds. The van der Waals surface area contributed by atoms with Gasteiger partial charge >= 0.3 is 12.2 Å². The van der Waals surface area contributed by atoms with E-state index in [0.717, 1.165) is 17.7 Å². The molecule has 0 aliphatic heterocycles. The van der Waals surface area contributed by atoms with Crippen LogP contribution < -0.4 is 15.4 Å². The number of hydrogen-bond acceptors (Lipinski definition) is 2. The van der Waals surface area contributed by atoms with Crippen molar-refractivity contribution in [3.8, 4) is 5.75 Å². The number of hydrogen-bond donors (Lipinski definition) is 2. The Hall–Kier alpha value is -2.90. The molecule has 0 heterocycles. The number of benzene rings is 3. The third kappa shape index (κ3) is 6.05. The first kappa shape index (κ1) is 21.8. The van der Waals surface area contributed by atoms with E-state index in [1.807, 2.05) is 12.1 Å². The van der Waals surface area contributed by atoms with Crippen LogP contribution in [0.1, 0.15) is 11.1 Å². The van der Waals surface area contributed by atoms with E-state index in [4.69, 9.17) is 27.9 Å². The van der Waals surface area contributed by atoms with Crippen LogP contribution in [0.3, 0.4) is 0 Å². The van der Waals surface area contributed by atoms with E-state index in [1.165, 1.54) is 6.07 Å². The minimum absolute atomic E-state index is 0.0351. The first-order chi connectivity index (χ1) is 14.2. The summed E-state index contributed by atoms with van der Waals surface area (Å²) in [6.07, 6.45) is -4.62. The summed E-state index contributed by atoms with van der Waals surface area (Å²) >= 11 is 11.4. The second kappa shape index (κ2) is 9.28. The Morgan fingerprint density at radius 2 is 1.47 bits per heavy atom. The zero-order valence-electron chi connectivity index (χ0n) is 15.3. The number of amides is 2. The monoisotopic (exact) mass is 454 g/mol. The molecule has 0 aliphatic rings. The third-order valence-electron chi connectivity index (χ3n) is 3.96. The highest BCUT2D eigenvalue weighted by atomic mass is 35.5. The summed E-state index contributed by atoms with van der Waals surface area (Å²) < 4.78 is 44.4. The van der Waals surface area contributed by atoms with Crippen molar-refractivity contribution in [1.29, 1.82) is 0 Å². The largest absolute Gasteiger partial charge is 0.489 e. The van der Waals surface area contributed by atoms with E-state index in [-0.39, 0.29) is 5.69 Å². The van der Waals surface area contributed by atoms with Crippen LogP contribution in [0, 0.1) is 0 Å². The van der Waals surface area contributed by atoms with Crippen molar-refractivity contribution < 1.29 is 22.7 Å². The molecule has 0 bridgehead atoms. The van der Waals surface area contributed by atoms with Crippen LogP contribution in [-0.4, -0.2) is 6.03 Å². The maximum atomic E-state index is 12.9. The van der Waals surface area contributed by atoms with Gasteiger partial charge in [-0.15, -0.1) is 0 Å². The fourth-order valence-electron chi connectivity index (χ4n) is 2.50. The summed E-state index contributed by atoms with van der Waals surface area (Å²) in [5.41, 5.74) is 0.329. The Balaban J connectivity index is 1.56. The lowest BCUT2D eigenvalue weighted by Crippen LogP contribution is -2.19. The summed E-state index contributed by atoms with van der Waals surface area (Å²) in [4.78, 5) is 12.1. The fourth-order valence-corrected chi connectivity index (χ4v) is 2.85. The third-order valence-corrected chi connectivity index (χ3v) is 4.54. The van der Waals surface area contributed by atoms with Crippen molar-refractivity contribution in [2.45, 2.75) is 12.8 Å². The summed E-state index contributed by atoms with van der Waals surface area (Å²) in [7, 11) is 0. The molecule has 156 valence electrons. The molecule has 30 heavy (non-hydrogen) atoms. The lowest BCUT2D eigenvalue weighted by Gasteiger charge is -2.12. The molecule has 0 fully saturated rings. The van der Waals surface area contributed by atoms with Crippen molar-refractivity contribution in [2.75, 3.05) is 10.6 Å². The highest BCUT2D eigenvalue weighted by molar-refractivity contribution is 6.31. The highest BCUT2D eigenvalue weighted by Gasteiger charge is 2.33. The molecule has 0 aromatic heterocycles. The van der Waals surface area contributed by atoms with Gasteiger partial charge in [0.15, 0.2) is 0 Å². The van der Waals surface area contributed by atoms with Crippen LogP contribution in [0.4, 0.5) is 29.3 Å². The molecule has 3 aromatic rings. The summed E-state index contributed by atoms with van der Waals surface area (Å²) in [6.45, 7) is 0.350. The number of carbonyl (C=O) groups excluding carboxylic acids is 1. The van der Waals surface area contributed by atoms with Gasteiger partial charge in [-0.05, 0) is 60.2 Å². The molecular weight excluding hydrogens is 440 g/mol. The zero-order chi connectivity index (χ0) is 21.7. The molecular formula is C21H15Cl2F3N2O2. The van der Waals surface area contributed by atoms with Gasteiger partial charge < -0.3 is 15.4 Å². The second-order valence-electron chi connectivity index (χ2n) is 6.21. The lowest BCUT2D eigenvalue weighted by atomic mass is 10.2. The zero-order valence-corrected chi connectivity index (χ0v) is 16.8. The molecule has 0 atom stereocenters. The number of carbonyl (C=O) groups is 1. The Labute approximate surface area is 180 Å². The summed E-state index contributed by atoms with van der Waals surface area (Å²) in [5.74, 6) is 0.587. The number of alkyl halides is 3. The number of anilines is 2. The van der Waals surface area contributed by atoms with Crippen LogP contribution in [-0.2, 0) is 12.8 Å². The van der Waals surface area contributed by atoms with Gasteiger partial charge in [-0.25, -0.2) is 4.79 Å². The second-order valence-corrected chi connectivity index (χ2v) is 7.05. The van der Waals surface area contributed by atoms with Gasteiger partial charge in [0, 0.05) is 16.4 Å². The maximum absolute atomic E-state index is 12.9. The number of rotatable bonds is 5. The van der Waals surface area contributed by atoms with E-state index in [2.05, 4.69) is 10.6 Å². The van der Waals surface area contributed by atoms with Crippen LogP contribution in [0.2, 0.25) is 10.0 Å². The van der Waals surface area contributed by atoms with E-state index in [9.17, 15) is 18.0 Å². The van der Waals surface area contributed by atoms with Crippen molar-refractivity contribution in [3.63, 3.8) is 0 Å². The summed E-state index contributed by atoms with van der Waals surface area (Å²) in [6, 6.07) is 16.2. The Bertz CT molecular complexity index is 1020. The molecule has 9 heteroatoms. The van der Waals surface area contributed by atoms with Gasteiger partial charge in [0.25, 0.3) is 0 Å². The number of urea groups is 1. The predicted octanol–water partition coefficient (Wildman–Crippen LogP) is 7.24. The Kier molecular flexibility index (Phi) is 6.74. The van der Waals surface area contributed by atoms with Gasteiger partial charge in [0.2, 0.25) is 0 Å². The minimum Gasteiger partial charge on any atom is -0.489 e. The van der Waals surface area contributed by atoms with E-state index in [0.29, 0.717) is 23.1 Å². The Morgan fingerprint density at radius 1 is 0.867 bits per heavy atom. The first-order valence-electron chi connectivity index (χ1n) is 8.63. The lowest BCUT2D eigenvalue weighted by molar-refractivity contribution is -0.137. The van der Waals surface area contributed by atoms with Crippen LogP contribution in [0.25, 0.3) is 0 Å². The number of halogens is 5. The molecule has 4 nitrogen and oxygen atoms in total. The molecule has 2 N–H and O–H groups in total. The van der Waals surface area contributed by atoms with Gasteiger partial charge in [-0.3, -0.25) is 0 Å². The molecule has 3 rings (SSSR count). The van der Waals surface area contributed by atoms with Crippen molar-refractivity contribution in [3.05, 3.63) is 87.9 Å². The number of ether oxygens (including phenoxy) is 1. The van der Waals surface area contributed by atoms with Crippen LogP contribution in [0.15, 0.2) is 66.7 Å². The number of nitrogens with one attached hydrogen (secondary N) is 2. The van der Waals surface area contributed by atoms with Crippen LogP contribution in [0.5, 0.6) is 5.75 Å². The quantitative estimate of drug-likeness (QED) is 0.426. The Morgan fingerprint density at radius 3 is 2.10 bits per heavy atom. The molecule has 0 unspecified atom stereocenters. The van der Waals surface area contributed by atoms with E-state index in [1.54, 1.807) is 36.4 Å². The average Bonchev–Trinajstić information content (AvgIpc) is 2.69. The summed E-state index contributed by atoms with van der Waals surface area (Å²) in [5, 5.41) is 5.08. The molecule has 0 saturated heterocycles. The highest BCUT2D eigenvalue weighted by Crippen LogP contribution is 2.36. The van der Waals surface area contributed by atoms with Crippen molar-refractivity contribution in [2.24, 2.45) is 0 Å². The molecule has 0 radical (unpaired) electrons. The SMILES string of the molecule is O=C(Nc1ccc(OCc2ccc(Cl)cc2)cc1)Nc1ccc(Cl)c(C(F)(F)F)c1. The normalized spacial score (nSPS) is 11.1. The van der Waals surface area contributed by atoms with Crippen molar-refractivity contribution in [1.82, 2.24) is 0 Å². The predicted molar refractivity (Wildman–Crippen MR) is 111 cm³/mol. The average molecular weight is 455 g/mol. The van der Waals surface area contributed by atoms with Gasteiger partial charge in [0.1, 0.15) is 12.4 Å². The van der Waals surface area contributed by atoms with E-state index < -0.39 is 22.8 Å². The van der Waals surface area contributed by atoms with E-state index >= 15 is 0 Å². The molecule has 3 aromatic carbocycles. The van der Waals surface area contributed by atoms with Gasteiger partial charge in [-0.1, -0.05) is 35.3 Å². The minimum atomic E-state index is -4.62. The van der Waals surface area contributed by atoms with Gasteiger partial charge in [-0.2, -0.15) is 13.2 Å². The fraction of sp³-hybridized carbons (Fsp3) is 0.0952. The standard InChI is InChI=1S/C21H15Cl2F3N2O2/c22-14-3-1-13(2-4-14)12-30-17-8-5-15(6-9-17)27-20(29)28-16-7-10-19(23)18(11-16)21(24,25)26/h1-11H,12H2,(H2,27,28,29). The van der Waals surface area contributed by atoms with Crippen molar-refractivity contribution >= 4 is 40.6 Å². The first-order valence-corrected chi connectivity index (χ1v) is 9.38. The maximum Gasteiger partial charge on any atom is 0.417 e.